The van der Waals surface area contributed by atoms with Crippen LogP contribution in [0.15, 0.2) is 0 Å². The molecule has 1 aromatic heterocycles. The smallest absolute Gasteiger partial charge is 0.315 e. The summed E-state index contributed by atoms with van der Waals surface area (Å²) >= 11 is 1.45. The molecule has 0 unspecified atom stereocenters. The van der Waals surface area contributed by atoms with Crippen LogP contribution in [0, 0.1) is 5.92 Å². The second-order valence-electron chi connectivity index (χ2n) is 5.77. The fourth-order valence-electron chi connectivity index (χ4n) is 2.09. The number of likely N-dealkylation sites (N-methyl/N-ethyl adjacent to an activating group) is 1. The second kappa shape index (κ2) is 7.00. The number of amides is 2. The molecule has 2 heterocycles. The van der Waals surface area contributed by atoms with Crippen LogP contribution in [-0.2, 0) is 22.6 Å². The number of aromatic nitrogens is 1. The molecule has 0 aliphatic carbocycles. The van der Waals surface area contributed by atoms with Gasteiger partial charge in [-0.1, -0.05) is 13.8 Å². The molecule has 0 saturated heterocycles. The van der Waals surface area contributed by atoms with Gasteiger partial charge in [0.05, 0.1) is 5.69 Å². The topological polar surface area (TPSA) is 74.3 Å². The van der Waals surface area contributed by atoms with Crippen LogP contribution in [-0.4, -0.2) is 41.8 Å². The number of rotatable bonds is 4. The monoisotopic (exact) mass is 310 g/mol. The largest absolute Gasteiger partial charge is 0.348 e. The Hall–Kier alpha value is -1.47. The maximum atomic E-state index is 11.8. The summed E-state index contributed by atoms with van der Waals surface area (Å²) in [6, 6.07) is 0. The van der Waals surface area contributed by atoms with E-state index in [4.69, 9.17) is 0 Å². The molecule has 2 amide bonds. The number of hydrogen-bond acceptors (Lipinski definition) is 5. The van der Waals surface area contributed by atoms with Crippen molar-refractivity contribution in [2.24, 2.45) is 5.92 Å². The van der Waals surface area contributed by atoms with Crippen molar-refractivity contribution in [3.05, 3.63) is 10.6 Å². The Morgan fingerprint density at radius 3 is 2.86 bits per heavy atom. The maximum Gasteiger partial charge on any atom is 0.315 e. The van der Waals surface area contributed by atoms with Gasteiger partial charge in [0, 0.05) is 30.9 Å². The van der Waals surface area contributed by atoms with Crippen molar-refractivity contribution in [1.82, 2.24) is 15.2 Å². The van der Waals surface area contributed by atoms with Crippen molar-refractivity contribution < 1.29 is 9.59 Å². The first-order valence-corrected chi connectivity index (χ1v) is 8.03. The fraction of sp³-hybridized carbons (Fsp3) is 0.643. The lowest BCUT2D eigenvalue weighted by Gasteiger charge is -2.20. The Kier molecular flexibility index (Phi) is 5.30. The first kappa shape index (κ1) is 15.9. The molecule has 1 aliphatic heterocycles. The van der Waals surface area contributed by atoms with E-state index in [2.05, 4.69) is 41.4 Å². The van der Waals surface area contributed by atoms with Gasteiger partial charge in [-0.2, -0.15) is 0 Å². The van der Waals surface area contributed by atoms with Gasteiger partial charge in [-0.05, 0) is 19.4 Å². The van der Waals surface area contributed by atoms with Gasteiger partial charge in [-0.3, -0.25) is 14.9 Å². The lowest BCUT2D eigenvalue weighted by atomic mass is 10.1. The Morgan fingerprint density at radius 2 is 2.14 bits per heavy atom. The van der Waals surface area contributed by atoms with Gasteiger partial charge in [0.1, 0.15) is 0 Å². The zero-order valence-electron chi connectivity index (χ0n) is 12.7. The molecule has 0 radical (unpaired) electrons. The molecule has 0 saturated carbocycles. The third-order valence-corrected chi connectivity index (χ3v) is 4.35. The summed E-state index contributed by atoms with van der Waals surface area (Å²) in [5.41, 5.74) is 1.04. The van der Waals surface area contributed by atoms with Crippen LogP contribution in [0.1, 0.15) is 30.8 Å². The third-order valence-electron chi connectivity index (χ3n) is 3.36. The Bertz CT molecular complexity index is 527. The van der Waals surface area contributed by atoms with E-state index in [0.717, 1.165) is 31.6 Å². The third kappa shape index (κ3) is 4.50. The molecule has 2 rings (SSSR count). The zero-order valence-corrected chi connectivity index (χ0v) is 13.5. The number of hydrogen-bond donors (Lipinski definition) is 2. The Morgan fingerprint density at radius 1 is 1.38 bits per heavy atom. The molecule has 0 bridgehead atoms. The molecule has 7 heteroatoms. The van der Waals surface area contributed by atoms with E-state index in [1.165, 1.54) is 16.2 Å². The molecule has 0 atom stereocenters. The Labute approximate surface area is 128 Å². The van der Waals surface area contributed by atoms with Crippen LogP contribution in [0.4, 0.5) is 5.13 Å². The van der Waals surface area contributed by atoms with E-state index < -0.39 is 11.8 Å². The van der Waals surface area contributed by atoms with E-state index in [-0.39, 0.29) is 0 Å². The van der Waals surface area contributed by atoms with Gasteiger partial charge in [0.2, 0.25) is 0 Å². The minimum absolute atomic E-state index is 0.496. The van der Waals surface area contributed by atoms with Crippen molar-refractivity contribution in [3.63, 3.8) is 0 Å². The highest BCUT2D eigenvalue weighted by atomic mass is 32.1. The van der Waals surface area contributed by atoms with Crippen LogP contribution in [0.2, 0.25) is 0 Å². The number of nitrogens with one attached hydrogen (secondary N) is 2. The van der Waals surface area contributed by atoms with Crippen LogP contribution in [0.5, 0.6) is 0 Å². The van der Waals surface area contributed by atoms with Gasteiger partial charge in [-0.25, -0.2) is 4.98 Å². The van der Waals surface area contributed by atoms with Gasteiger partial charge < -0.3 is 10.2 Å². The molecule has 21 heavy (non-hydrogen) atoms. The minimum atomic E-state index is -0.641. The lowest BCUT2D eigenvalue weighted by Crippen LogP contribution is -2.36. The first-order valence-electron chi connectivity index (χ1n) is 7.22. The van der Waals surface area contributed by atoms with Crippen LogP contribution >= 0.6 is 11.3 Å². The molecule has 0 aromatic carbocycles. The van der Waals surface area contributed by atoms with Crippen molar-refractivity contribution in [1.29, 1.82) is 0 Å². The summed E-state index contributed by atoms with van der Waals surface area (Å²) < 4.78 is 0. The highest BCUT2D eigenvalue weighted by Gasteiger charge is 2.21. The van der Waals surface area contributed by atoms with Crippen molar-refractivity contribution in [3.8, 4) is 0 Å². The lowest BCUT2D eigenvalue weighted by molar-refractivity contribution is -0.136. The van der Waals surface area contributed by atoms with E-state index in [1.54, 1.807) is 0 Å². The summed E-state index contributed by atoms with van der Waals surface area (Å²) in [4.78, 5) is 31.2. The van der Waals surface area contributed by atoms with Crippen molar-refractivity contribution in [2.45, 2.75) is 33.2 Å². The quantitative estimate of drug-likeness (QED) is 0.820. The zero-order chi connectivity index (χ0) is 15.4. The summed E-state index contributed by atoms with van der Waals surface area (Å²) in [6.45, 7) is 6.49. The number of carbonyl (C=O) groups is 2. The molecular formula is C14H22N4O2S. The molecule has 116 valence electrons. The van der Waals surface area contributed by atoms with E-state index in [9.17, 15) is 9.59 Å². The molecule has 0 fully saturated rings. The number of carbonyl (C=O) groups excluding carboxylic acids is 2. The highest BCUT2D eigenvalue weighted by molar-refractivity contribution is 7.16. The molecule has 6 nitrogen and oxygen atoms in total. The Balaban J connectivity index is 1.86. The average molecular weight is 310 g/mol. The standard InChI is InChI=1S/C14H22N4O2S/c1-9(2)4-6-15-12(19)13(20)17-14-16-10-5-7-18(3)8-11(10)21-14/h9H,4-8H2,1-3H3,(H,15,19)(H,16,17,20). The van der Waals surface area contributed by atoms with Gasteiger partial charge >= 0.3 is 11.8 Å². The number of thiazole rings is 1. The molecular weight excluding hydrogens is 288 g/mol. The summed E-state index contributed by atoms with van der Waals surface area (Å²) in [5, 5.41) is 5.72. The second-order valence-corrected chi connectivity index (χ2v) is 6.85. The van der Waals surface area contributed by atoms with E-state index in [0.29, 0.717) is 17.6 Å². The number of fused-ring (bicyclic) bond motifs is 1. The predicted molar refractivity (Wildman–Crippen MR) is 83.2 cm³/mol. The van der Waals surface area contributed by atoms with Crippen molar-refractivity contribution >= 4 is 28.3 Å². The normalized spacial score (nSPS) is 14.9. The molecule has 0 spiro atoms. The SMILES string of the molecule is CC(C)CCNC(=O)C(=O)Nc1nc2c(s1)CN(C)CC2. The minimum Gasteiger partial charge on any atom is -0.348 e. The van der Waals surface area contributed by atoms with Gasteiger partial charge in [0.15, 0.2) is 5.13 Å². The van der Waals surface area contributed by atoms with E-state index >= 15 is 0 Å². The fourth-order valence-corrected chi connectivity index (χ4v) is 3.17. The summed E-state index contributed by atoms with van der Waals surface area (Å²) in [7, 11) is 2.06. The molecule has 1 aliphatic rings. The average Bonchev–Trinajstić information content (AvgIpc) is 2.79. The first-order chi connectivity index (χ1) is 9.95. The van der Waals surface area contributed by atoms with Gasteiger partial charge in [0.25, 0.3) is 0 Å². The molecule has 2 N–H and O–H groups in total. The number of nitrogens with zero attached hydrogens (tertiary/aromatic N) is 2. The van der Waals surface area contributed by atoms with Gasteiger partial charge in [-0.15, -0.1) is 11.3 Å². The number of anilines is 1. The summed E-state index contributed by atoms with van der Waals surface area (Å²) in [5.74, 6) is -0.741. The van der Waals surface area contributed by atoms with E-state index in [1.807, 2.05) is 0 Å². The molecule has 1 aromatic rings. The van der Waals surface area contributed by atoms with Crippen LogP contribution < -0.4 is 10.6 Å². The summed E-state index contributed by atoms with van der Waals surface area (Å²) in [6.07, 6.45) is 1.75. The van der Waals surface area contributed by atoms with Crippen LogP contribution in [0.25, 0.3) is 0 Å². The highest BCUT2D eigenvalue weighted by Crippen LogP contribution is 2.27. The maximum absolute atomic E-state index is 11.8. The van der Waals surface area contributed by atoms with Crippen molar-refractivity contribution in [2.75, 3.05) is 25.5 Å². The van der Waals surface area contributed by atoms with Crippen LogP contribution in [0.3, 0.4) is 0 Å². The predicted octanol–water partition coefficient (Wildman–Crippen LogP) is 1.23.